The fraction of sp³-hybridized carbons (Fsp3) is 0.222. The number of alkyl halides is 3. The van der Waals surface area contributed by atoms with Crippen LogP contribution in [0.2, 0.25) is 0 Å². The van der Waals surface area contributed by atoms with E-state index in [-0.39, 0.29) is 16.6 Å². The fourth-order valence-corrected chi connectivity index (χ4v) is 3.83. The predicted molar refractivity (Wildman–Crippen MR) is 99.8 cm³/mol. The molecule has 0 saturated heterocycles. The number of hydrogen-bond acceptors (Lipinski definition) is 3. The number of hydrogen-bond donors (Lipinski definition) is 3. The van der Waals surface area contributed by atoms with Crippen LogP contribution in [0.1, 0.15) is 29.5 Å². The lowest BCUT2D eigenvalue weighted by Crippen LogP contribution is -2.36. The molecule has 11 heteroatoms. The van der Waals surface area contributed by atoms with Gasteiger partial charge in [0, 0.05) is 5.92 Å². The van der Waals surface area contributed by atoms with Gasteiger partial charge in [0.25, 0.3) is 0 Å². The van der Waals surface area contributed by atoms with Crippen LogP contribution in [-0.4, -0.2) is 19.3 Å². The number of nitrogens with zero attached hydrogens (tertiary/aromatic N) is 1. The van der Waals surface area contributed by atoms with Gasteiger partial charge < -0.3 is 14.8 Å². The maximum Gasteiger partial charge on any atom is 0.416 e. The first-order chi connectivity index (χ1) is 13.4. The molecule has 1 heterocycles. The average Bonchev–Trinajstić information content (AvgIpc) is 2.63. The van der Waals surface area contributed by atoms with Crippen LogP contribution in [0.15, 0.2) is 52.1 Å². The molecule has 7 nitrogen and oxygen atoms in total. The van der Waals surface area contributed by atoms with Crippen molar-refractivity contribution in [2.45, 2.75) is 25.3 Å². The van der Waals surface area contributed by atoms with Gasteiger partial charge in [-0.05, 0) is 23.3 Å². The van der Waals surface area contributed by atoms with E-state index in [1.165, 1.54) is 0 Å². The second-order valence-electron chi connectivity index (χ2n) is 6.58. The molecule has 0 bridgehead atoms. The van der Waals surface area contributed by atoms with E-state index >= 15 is 0 Å². The Morgan fingerprint density at radius 3 is 2.31 bits per heavy atom. The summed E-state index contributed by atoms with van der Waals surface area (Å²) in [6.07, 6.45) is -5.88. The molecular weight excluding hydrogens is 412 g/mol. The van der Waals surface area contributed by atoms with Gasteiger partial charge in [0.1, 0.15) is 6.29 Å². The van der Waals surface area contributed by atoms with E-state index in [4.69, 9.17) is 0 Å². The molecule has 1 atom stereocenters. The third-order valence-corrected chi connectivity index (χ3v) is 5.19. The third kappa shape index (κ3) is 4.34. The highest BCUT2D eigenvalue weighted by atomic mass is 31.2. The molecule has 2 aromatic carbocycles. The topological polar surface area (TPSA) is 112 Å². The SMILES string of the molecule is CC(c1ccccc1)c1cc2c(cc1C(F)(F)F)[nH]c(=O)c(=O)n2CP(=O)(O)O. The second-order valence-corrected chi connectivity index (χ2v) is 8.19. The van der Waals surface area contributed by atoms with Crippen molar-refractivity contribution in [3.05, 3.63) is 79.9 Å². The van der Waals surface area contributed by atoms with Crippen molar-refractivity contribution in [2.24, 2.45) is 0 Å². The van der Waals surface area contributed by atoms with E-state index in [9.17, 15) is 37.1 Å². The number of rotatable bonds is 4. The highest BCUT2D eigenvalue weighted by Crippen LogP contribution is 2.40. The van der Waals surface area contributed by atoms with Gasteiger partial charge in [0.2, 0.25) is 0 Å². The van der Waals surface area contributed by atoms with Crippen LogP contribution in [0.25, 0.3) is 11.0 Å². The Bertz CT molecular complexity index is 1230. The van der Waals surface area contributed by atoms with Gasteiger partial charge in [-0.2, -0.15) is 13.2 Å². The molecule has 154 valence electrons. The van der Waals surface area contributed by atoms with Gasteiger partial charge in [-0.3, -0.25) is 18.7 Å². The zero-order chi connectivity index (χ0) is 21.6. The summed E-state index contributed by atoms with van der Waals surface area (Å²) in [4.78, 5) is 44.5. The van der Waals surface area contributed by atoms with Gasteiger partial charge in [-0.1, -0.05) is 37.3 Å². The molecule has 1 aromatic heterocycles. The smallest absolute Gasteiger partial charge is 0.323 e. The lowest BCUT2D eigenvalue weighted by atomic mass is 9.89. The summed E-state index contributed by atoms with van der Waals surface area (Å²) in [6, 6.07) is 10.1. The van der Waals surface area contributed by atoms with E-state index in [1.807, 2.05) is 0 Å². The molecule has 0 aliphatic rings. The number of fused-ring (bicyclic) bond motifs is 1. The molecule has 3 aromatic rings. The molecule has 3 N–H and O–H groups in total. The Hall–Kier alpha value is -2.68. The van der Waals surface area contributed by atoms with Gasteiger partial charge >= 0.3 is 24.9 Å². The Morgan fingerprint density at radius 1 is 1.14 bits per heavy atom. The van der Waals surface area contributed by atoms with Crippen LogP contribution < -0.4 is 11.1 Å². The first-order valence-corrected chi connectivity index (χ1v) is 10.2. The van der Waals surface area contributed by atoms with Crippen molar-refractivity contribution in [2.75, 3.05) is 0 Å². The molecule has 0 fully saturated rings. The normalized spacial score (nSPS) is 13.6. The molecule has 0 saturated carbocycles. The van der Waals surface area contributed by atoms with E-state index in [2.05, 4.69) is 4.98 Å². The van der Waals surface area contributed by atoms with Gasteiger partial charge in [-0.15, -0.1) is 0 Å². The lowest BCUT2D eigenvalue weighted by Gasteiger charge is -2.21. The predicted octanol–water partition coefficient (Wildman–Crippen LogP) is 3.00. The summed E-state index contributed by atoms with van der Waals surface area (Å²) in [5, 5.41) is 0. The third-order valence-electron chi connectivity index (χ3n) is 4.54. The first kappa shape index (κ1) is 21.0. The Kier molecular flexibility index (Phi) is 5.29. The minimum atomic E-state index is -4.79. The van der Waals surface area contributed by atoms with Crippen LogP contribution >= 0.6 is 7.60 Å². The van der Waals surface area contributed by atoms with E-state index in [1.54, 1.807) is 37.3 Å². The molecule has 0 spiro atoms. The van der Waals surface area contributed by atoms with Gasteiger partial charge in [0.05, 0.1) is 16.6 Å². The number of aromatic amines is 1. The first-order valence-electron chi connectivity index (χ1n) is 8.36. The molecule has 29 heavy (non-hydrogen) atoms. The molecule has 1 unspecified atom stereocenters. The maximum atomic E-state index is 13.7. The van der Waals surface area contributed by atoms with E-state index in [0.29, 0.717) is 16.2 Å². The van der Waals surface area contributed by atoms with Crippen LogP contribution in [0.5, 0.6) is 0 Å². The van der Waals surface area contributed by atoms with Crippen molar-refractivity contribution in [3.8, 4) is 0 Å². The monoisotopic (exact) mass is 428 g/mol. The number of H-pyrrole nitrogens is 1. The summed E-state index contributed by atoms with van der Waals surface area (Å²) in [7, 11) is -4.79. The number of nitrogens with one attached hydrogen (secondary N) is 1. The Balaban J connectivity index is 2.39. The van der Waals surface area contributed by atoms with Crippen LogP contribution in [0.4, 0.5) is 13.2 Å². The summed E-state index contributed by atoms with van der Waals surface area (Å²) >= 11 is 0. The minimum absolute atomic E-state index is 0.192. The van der Waals surface area contributed by atoms with E-state index < -0.39 is 42.7 Å². The quantitative estimate of drug-likeness (QED) is 0.437. The van der Waals surface area contributed by atoms with Gasteiger partial charge in [0.15, 0.2) is 0 Å². The highest BCUT2D eigenvalue weighted by Gasteiger charge is 2.36. The van der Waals surface area contributed by atoms with Crippen LogP contribution in [0.3, 0.4) is 0 Å². The van der Waals surface area contributed by atoms with Crippen LogP contribution in [-0.2, 0) is 17.0 Å². The lowest BCUT2D eigenvalue weighted by molar-refractivity contribution is -0.138. The van der Waals surface area contributed by atoms with Crippen molar-refractivity contribution >= 4 is 18.6 Å². The van der Waals surface area contributed by atoms with Crippen molar-refractivity contribution in [3.63, 3.8) is 0 Å². The fourth-order valence-electron chi connectivity index (χ4n) is 3.19. The number of halogens is 3. The summed E-state index contributed by atoms with van der Waals surface area (Å²) < 4.78 is 53.1. The Labute approximate surface area is 161 Å². The standard InChI is InChI=1S/C18H16F3N2O5P/c1-10(11-5-3-2-4-6-11)12-7-15-14(8-13(12)18(19,20)21)22-16(24)17(25)23(15)9-29(26,27)28/h2-8,10H,9H2,1H3,(H,22,24)(H2,26,27,28). The summed E-state index contributed by atoms with van der Waals surface area (Å²) in [5.74, 6) is -0.747. The summed E-state index contributed by atoms with van der Waals surface area (Å²) in [6.45, 7) is 1.54. The highest BCUT2D eigenvalue weighted by molar-refractivity contribution is 7.50. The molecule has 3 rings (SSSR count). The molecule has 0 radical (unpaired) electrons. The Morgan fingerprint density at radius 2 is 1.76 bits per heavy atom. The van der Waals surface area contributed by atoms with Crippen molar-refractivity contribution in [1.82, 2.24) is 9.55 Å². The zero-order valence-electron chi connectivity index (χ0n) is 15.0. The second kappa shape index (κ2) is 7.29. The largest absolute Gasteiger partial charge is 0.416 e. The van der Waals surface area contributed by atoms with Gasteiger partial charge in [-0.25, -0.2) is 0 Å². The molecule has 0 amide bonds. The molecule has 0 aliphatic carbocycles. The molecule has 0 aliphatic heterocycles. The van der Waals surface area contributed by atoms with Crippen molar-refractivity contribution < 1.29 is 27.5 Å². The number of benzene rings is 2. The molecular formula is C18H16F3N2O5P. The number of aromatic nitrogens is 2. The van der Waals surface area contributed by atoms with Crippen LogP contribution in [0, 0.1) is 0 Å². The average molecular weight is 428 g/mol. The van der Waals surface area contributed by atoms with E-state index in [0.717, 1.165) is 6.07 Å². The minimum Gasteiger partial charge on any atom is -0.323 e. The van der Waals surface area contributed by atoms with Crippen molar-refractivity contribution in [1.29, 1.82) is 0 Å². The zero-order valence-corrected chi connectivity index (χ0v) is 15.9. The maximum absolute atomic E-state index is 13.7. The summed E-state index contributed by atoms with van der Waals surface area (Å²) in [5.41, 5.74) is -3.73.